The molecular formula is C16H13F3N2O3. The molecule has 5 nitrogen and oxygen atoms in total. The Morgan fingerprint density at radius 1 is 1.38 bits per heavy atom. The molecule has 1 N–H and O–H groups in total. The first-order chi connectivity index (χ1) is 11.5. The van der Waals surface area contributed by atoms with Crippen molar-refractivity contribution in [2.45, 2.75) is 19.6 Å². The zero-order valence-electron chi connectivity index (χ0n) is 12.4. The van der Waals surface area contributed by atoms with E-state index < -0.39 is 29.6 Å². The van der Waals surface area contributed by atoms with Crippen molar-refractivity contribution in [2.75, 3.05) is 11.9 Å². The number of fused-ring (bicyclic) bond motifs is 1. The van der Waals surface area contributed by atoms with E-state index in [1.165, 1.54) is 12.3 Å². The Kier molecular flexibility index (Phi) is 4.66. The van der Waals surface area contributed by atoms with Crippen LogP contribution in [0.3, 0.4) is 0 Å². The Morgan fingerprint density at radius 2 is 2.21 bits per heavy atom. The second-order valence-corrected chi connectivity index (χ2v) is 5.08. The summed E-state index contributed by atoms with van der Waals surface area (Å²) in [6.07, 6.45) is 2.10. The Hall–Kier alpha value is -2.61. The lowest BCUT2D eigenvalue weighted by Crippen LogP contribution is -2.18. The van der Waals surface area contributed by atoms with Crippen LogP contribution >= 0.6 is 0 Å². The highest BCUT2D eigenvalue weighted by Crippen LogP contribution is 2.25. The number of nitrogens with zero attached hydrogens (tertiary/aromatic N) is 1. The fourth-order valence-electron chi connectivity index (χ4n) is 2.42. The van der Waals surface area contributed by atoms with E-state index in [1.54, 1.807) is 6.07 Å². The van der Waals surface area contributed by atoms with Crippen molar-refractivity contribution in [1.29, 1.82) is 0 Å². The Labute approximate surface area is 135 Å². The van der Waals surface area contributed by atoms with Gasteiger partial charge in [0.05, 0.1) is 25.1 Å². The van der Waals surface area contributed by atoms with Crippen LogP contribution in [0.2, 0.25) is 0 Å². The minimum atomic E-state index is -3.17. The summed E-state index contributed by atoms with van der Waals surface area (Å²) in [5.74, 6) is -2.39. The lowest BCUT2D eigenvalue weighted by Gasteiger charge is -2.17. The van der Waals surface area contributed by atoms with Gasteiger partial charge in [-0.05, 0) is 18.2 Å². The number of alkyl halides is 2. The minimum absolute atomic E-state index is 0.315. The number of hydrogen-bond donors (Lipinski definition) is 1. The van der Waals surface area contributed by atoms with Gasteiger partial charge in [-0.1, -0.05) is 6.07 Å². The van der Waals surface area contributed by atoms with Crippen LogP contribution in [0.1, 0.15) is 21.6 Å². The van der Waals surface area contributed by atoms with Crippen LogP contribution in [0, 0.1) is 5.82 Å². The summed E-state index contributed by atoms with van der Waals surface area (Å²) in [7, 11) is 0. The summed E-state index contributed by atoms with van der Waals surface area (Å²) in [6, 6.07) is 4.94. The van der Waals surface area contributed by atoms with E-state index in [4.69, 9.17) is 4.74 Å². The van der Waals surface area contributed by atoms with E-state index in [0.717, 1.165) is 23.4 Å². The van der Waals surface area contributed by atoms with E-state index in [2.05, 4.69) is 15.0 Å². The average Bonchev–Trinajstić information content (AvgIpc) is 2.54. The highest BCUT2D eigenvalue weighted by Gasteiger charge is 2.21. The third-order valence-electron chi connectivity index (χ3n) is 3.48. The molecule has 0 saturated heterocycles. The van der Waals surface area contributed by atoms with Gasteiger partial charge in [0.15, 0.2) is 0 Å². The summed E-state index contributed by atoms with van der Waals surface area (Å²) in [4.78, 5) is 16.5. The number of pyridine rings is 1. The van der Waals surface area contributed by atoms with Crippen molar-refractivity contribution in [3.05, 3.63) is 53.1 Å². The number of nitrogens with one attached hydrogen (secondary N) is 1. The molecule has 0 radical (unpaired) electrons. The highest BCUT2D eigenvalue weighted by atomic mass is 19.3. The fourth-order valence-corrected chi connectivity index (χ4v) is 2.42. The molecule has 0 fully saturated rings. The second-order valence-electron chi connectivity index (χ2n) is 5.08. The molecule has 2 aromatic rings. The van der Waals surface area contributed by atoms with Crippen LogP contribution in [0.5, 0.6) is 5.75 Å². The van der Waals surface area contributed by atoms with Crippen molar-refractivity contribution >= 4 is 11.6 Å². The Balaban J connectivity index is 1.85. The molecule has 2 heterocycles. The first kappa shape index (κ1) is 16.3. The predicted octanol–water partition coefficient (Wildman–Crippen LogP) is 3.15. The normalized spacial score (nSPS) is 13.5. The van der Waals surface area contributed by atoms with Crippen LogP contribution in [0.4, 0.5) is 18.9 Å². The van der Waals surface area contributed by atoms with Gasteiger partial charge in [-0.2, -0.15) is 8.78 Å². The molecule has 126 valence electrons. The number of carbonyl (C=O) groups is 1. The smallest absolute Gasteiger partial charge is 0.387 e. The van der Waals surface area contributed by atoms with Crippen LogP contribution in [0.15, 0.2) is 30.5 Å². The molecule has 0 saturated carbocycles. The topological polar surface area (TPSA) is 60.5 Å². The maximum Gasteiger partial charge on any atom is 0.387 e. The molecule has 0 aliphatic carbocycles. The first-order valence-corrected chi connectivity index (χ1v) is 7.15. The molecule has 0 spiro atoms. The van der Waals surface area contributed by atoms with E-state index in [9.17, 15) is 18.0 Å². The summed E-state index contributed by atoms with van der Waals surface area (Å²) >= 11 is 0. The molecule has 8 heteroatoms. The van der Waals surface area contributed by atoms with Gasteiger partial charge in [0, 0.05) is 17.7 Å². The second kappa shape index (κ2) is 6.88. The number of hydrogen-bond acceptors (Lipinski definition) is 4. The average molecular weight is 338 g/mol. The third kappa shape index (κ3) is 3.48. The Bertz CT molecular complexity index is 768. The summed E-state index contributed by atoms with van der Waals surface area (Å²) in [5, 5.41) is 2.44. The first-order valence-electron chi connectivity index (χ1n) is 7.15. The van der Waals surface area contributed by atoms with Gasteiger partial charge in [0.1, 0.15) is 17.1 Å². The molecule has 1 aromatic carbocycles. The molecule has 0 bridgehead atoms. The van der Waals surface area contributed by atoms with Crippen molar-refractivity contribution < 1.29 is 27.4 Å². The number of carbonyl (C=O) groups excluding carboxylic acids is 1. The van der Waals surface area contributed by atoms with Crippen LogP contribution in [-0.4, -0.2) is 24.1 Å². The number of ether oxygens (including phenoxy) is 2. The third-order valence-corrected chi connectivity index (χ3v) is 3.48. The number of halogens is 3. The molecule has 1 aromatic heterocycles. The van der Waals surface area contributed by atoms with Gasteiger partial charge >= 0.3 is 6.61 Å². The largest absolute Gasteiger partial charge is 0.434 e. The molecule has 0 unspecified atom stereocenters. The van der Waals surface area contributed by atoms with Gasteiger partial charge in [-0.15, -0.1) is 0 Å². The van der Waals surface area contributed by atoms with Gasteiger partial charge in [0.2, 0.25) is 0 Å². The monoisotopic (exact) mass is 338 g/mol. The lowest BCUT2D eigenvalue weighted by molar-refractivity contribution is -0.0502. The van der Waals surface area contributed by atoms with E-state index in [0.29, 0.717) is 25.3 Å². The minimum Gasteiger partial charge on any atom is -0.434 e. The lowest BCUT2D eigenvalue weighted by atomic mass is 10.1. The zero-order chi connectivity index (χ0) is 17.1. The molecule has 1 aliphatic heterocycles. The van der Waals surface area contributed by atoms with Crippen LogP contribution in [0.25, 0.3) is 0 Å². The zero-order valence-corrected chi connectivity index (χ0v) is 12.4. The van der Waals surface area contributed by atoms with Crippen molar-refractivity contribution in [3.63, 3.8) is 0 Å². The number of rotatable bonds is 4. The summed E-state index contributed by atoms with van der Waals surface area (Å²) < 4.78 is 48.2. The van der Waals surface area contributed by atoms with Gasteiger partial charge in [-0.25, -0.2) is 4.39 Å². The molecule has 1 amide bonds. The van der Waals surface area contributed by atoms with E-state index >= 15 is 0 Å². The van der Waals surface area contributed by atoms with Crippen LogP contribution < -0.4 is 10.1 Å². The SMILES string of the molecule is O=C(Nc1cnc2c(c1)COCC2)c1c(F)cccc1OC(F)F. The summed E-state index contributed by atoms with van der Waals surface area (Å²) in [6.45, 7) is -2.22. The van der Waals surface area contributed by atoms with Gasteiger partial charge in [0.25, 0.3) is 5.91 Å². The molecule has 0 atom stereocenters. The highest BCUT2D eigenvalue weighted by molar-refractivity contribution is 6.06. The standard InChI is InChI=1S/C16H13F3N2O3/c17-11-2-1-3-13(24-16(18)19)14(11)15(22)21-10-6-9-8-23-5-4-12(9)20-7-10/h1-3,6-7,16H,4-5,8H2,(H,21,22). The number of anilines is 1. The summed E-state index contributed by atoms with van der Waals surface area (Å²) in [5.41, 5.74) is 1.41. The van der Waals surface area contributed by atoms with Gasteiger partial charge in [-0.3, -0.25) is 9.78 Å². The van der Waals surface area contributed by atoms with E-state index in [-0.39, 0.29) is 0 Å². The molecular weight excluding hydrogens is 325 g/mol. The molecule has 3 rings (SSSR count). The number of benzene rings is 1. The van der Waals surface area contributed by atoms with Crippen molar-refractivity contribution in [3.8, 4) is 5.75 Å². The fraction of sp³-hybridized carbons (Fsp3) is 0.250. The molecule has 24 heavy (non-hydrogen) atoms. The van der Waals surface area contributed by atoms with Crippen molar-refractivity contribution in [1.82, 2.24) is 4.98 Å². The van der Waals surface area contributed by atoms with Crippen molar-refractivity contribution in [2.24, 2.45) is 0 Å². The predicted molar refractivity (Wildman–Crippen MR) is 78.6 cm³/mol. The quantitative estimate of drug-likeness (QED) is 0.930. The number of aromatic nitrogens is 1. The van der Waals surface area contributed by atoms with Crippen LogP contribution in [-0.2, 0) is 17.8 Å². The maximum absolute atomic E-state index is 13.9. The number of amides is 1. The van der Waals surface area contributed by atoms with Gasteiger partial charge < -0.3 is 14.8 Å². The van der Waals surface area contributed by atoms with E-state index in [1.807, 2.05) is 0 Å². The maximum atomic E-state index is 13.9. The molecule has 1 aliphatic rings. The Morgan fingerprint density at radius 3 is 3.00 bits per heavy atom.